The fourth-order valence-corrected chi connectivity index (χ4v) is 4.29. The molecule has 2 fully saturated rings. The lowest BCUT2D eigenvalue weighted by Gasteiger charge is -2.23. The number of pyridine rings is 1. The lowest BCUT2D eigenvalue weighted by atomic mass is 9.84. The van der Waals surface area contributed by atoms with Gasteiger partial charge in [0.2, 0.25) is 0 Å². The number of hydrogen-bond donors (Lipinski definition) is 1. The number of hydrogen-bond acceptors (Lipinski definition) is 2. The van der Waals surface area contributed by atoms with Crippen LogP contribution in [0.1, 0.15) is 43.8 Å². The third-order valence-corrected chi connectivity index (χ3v) is 5.23. The van der Waals surface area contributed by atoms with Crippen LogP contribution in [-0.2, 0) is 0 Å². The van der Waals surface area contributed by atoms with Gasteiger partial charge in [-0.1, -0.05) is 12.5 Å². The molecule has 100 valence electrons. The van der Waals surface area contributed by atoms with E-state index in [9.17, 15) is 5.11 Å². The summed E-state index contributed by atoms with van der Waals surface area (Å²) in [6.07, 6.45) is 9.87. The van der Waals surface area contributed by atoms with Crippen LogP contribution in [0.5, 0.6) is 0 Å². The largest absolute Gasteiger partial charge is 0.388 e. The Morgan fingerprint density at radius 3 is 3.05 bits per heavy atom. The first-order chi connectivity index (χ1) is 9.31. The standard InChI is InChI=1S/C16H20N2O/c19-16(9-13-8-11-4-5-12(13)7-11)14-10-17-18-6-2-1-3-15(14)18/h1-3,6,10-13,16,19H,4-5,7-9H2. The molecule has 4 rings (SSSR count). The molecule has 2 aliphatic carbocycles. The molecule has 2 heterocycles. The average molecular weight is 256 g/mol. The SMILES string of the molecule is OC(CC1CC2CCC1C2)c1cnn2ccccc12. The molecule has 2 bridgehead atoms. The quantitative estimate of drug-likeness (QED) is 0.915. The van der Waals surface area contributed by atoms with Gasteiger partial charge in [-0.25, -0.2) is 4.52 Å². The summed E-state index contributed by atoms with van der Waals surface area (Å²) < 4.78 is 1.85. The van der Waals surface area contributed by atoms with E-state index in [1.165, 1.54) is 25.7 Å². The van der Waals surface area contributed by atoms with Gasteiger partial charge in [-0.2, -0.15) is 5.10 Å². The highest BCUT2D eigenvalue weighted by molar-refractivity contribution is 5.54. The summed E-state index contributed by atoms with van der Waals surface area (Å²) in [5.74, 6) is 2.56. The van der Waals surface area contributed by atoms with Crippen LogP contribution in [0.3, 0.4) is 0 Å². The predicted octanol–water partition coefficient (Wildman–Crippen LogP) is 3.19. The van der Waals surface area contributed by atoms with Crippen molar-refractivity contribution < 1.29 is 5.11 Å². The molecule has 0 saturated heterocycles. The highest BCUT2D eigenvalue weighted by Gasteiger charge is 2.40. The fourth-order valence-electron chi connectivity index (χ4n) is 4.29. The monoisotopic (exact) mass is 256 g/mol. The second-order valence-electron chi connectivity index (χ2n) is 6.32. The van der Waals surface area contributed by atoms with E-state index in [4.69, 9.17) is 0 Å². The van der Waals surface area contributed by atoms with Gasteiger partial charge in [0.15, 0.2) is 0 Å². The normalized spacial score (nSPS) is 31.1. The van der Waals surface area contributed by atoms with Gasteiger partial charge < -0.3 is 5.11 Å². The zero-order valence-electron chi connectivity index (χ0n) is 11.1. The van der Waals surface area contributed by atoms with E-state index in [1.54, 1.807) is 0 Å². The van der Waals surface area contributed by atoms with Crippen LogP contribution in [0.4, 0.5) is 0 Å². The second kappa shape index (κ2) is 4.34. The second-order valence-corrected chi connectivity index (χ2v) is 6.32. The highest BCUT2D eigenvalue weighted by atomic mass is 16.3. The minimum Gasteiger partial charge on any atom is -0.388 e. The Balaban J connectivity index is 1.55. The first-order valence-corrected chi connectivity index (χ1v) is 7.41. The topological polar surface area (TPSA) is 37.5 Å². The Hall–Kier alpha value is -1.35. The Kier molecular flexibility index (Phi) is 2.62. The van der Waals surface area contributed by atoms with Crippen molar-refractivity contribution in [2.45, 2.75) is 38.2 Å². The van der Waals surface area contributed by atoms with E-state index in [0.717, 1.165) is 35.3 Å². The molecular weight excluding hydrogens is 236 g/mol. The molecule has 3 heteroatoms. The van der Waals surface area contributed by atoms with E-state index >= 15 is 0 Å². The van der Waals surface area contributed by atoms with Crippen LogP contribution >= 0.6 is 0 Å². The lowest BCUT2D eigenvalue weighted by Crippen LogP contribution is -2.14. The zero-order chi connectivity index (χ0) is 12.8. The van der Waals surface area contributed by atoms with Gasteiger partial charge in [0.05, 0.1) is 17.8 Å². The number of aliphatic hydroxyl groups excluding tert-OH is 1. The third kappa shape index (κ3) is 1.88. The smallest absolute Gasteiger partial charge is 0.0829 e. The molecule has 2 aromatic heterocycles. The maximum Gasteiger partial charge on any atom is 0.0829 e. The van der Waals surface area contributed by atoms with Crippen molar-refractivity contribution in [1.82, 2.24) is 9.61 Å². The summed E-state index contributed by atoms with van der Waals surface area (Å²) in [5.41, 5.74) is 2.03. The molecule has 3 nitrogen and oxygen atoms in total. The van der Waals surface area contributed by atoms with E-state index in [-0.39, 0.29) is 6.10 Å². The van der Waals surface area contributed by atoms with Gasteiger partial charge in [-0.3, -0.25) is 0 Å². The van der Waals surface area contributed by atoms with Crippen LogP contribution in [-0.4, -0.2) is 14.7 Å². The number of nitrogens with zero attached hydrogens (tertiary/aromatic N) is 2. The molecule has 0 aromatic carbocycles. The van der Waals surface area contributed by atoms with E-state index in [0.29, 0.717) is 0 Å². The van der Waals surface area contributed by atoms with Crippen molar-refractivity contribution in [3.63, 3.8) is 0 Å². The molecule has 19 heavy (non-hydrogen) atoms. The van der Waals surface area contributed by atoms with Crippen molar-refractivity contribution in [2.75, 3.05) is 0 Å². The van der Waals surface area contributed by atoms with Crippen LogP contribution in [0.2, 0.25) is 0 Å². The van der Waals surface area contributed by atoms with Gasteiger partial charge in [-0.05, 0) is 55.6 Å². The van der Waals surface area contributed by atoms with Gasteiger partial charge in [0.25, 0.3) is 0 Å². The van der Waals surface area contributed by atoms with Crippen LogP contribution in [0.25, 0.3) is 5.52 Å². The minimum atomic E-state index is -0.357. The highest BCUT2D eigenvalue weighted by Crippen LogP contribution is 2.51. The molecule has 1 N–H and O–H groups in total. The molecule has 0 aliphatic heterocycles. The van der Waals surface area contributed by atoms with E-state index in [1.807, 2.05) is 35.1 Å². The Labute approximate surface area is 113 Å². The molecule has 2 aliphatic rings. The first-order valence-electron chi connectivity index (χ1n) is 7.41. The molecule has 4 unspecified atom stereocenters. The molecule has 4 atom stereocenters. The third-order valence-electron chi connectivity index (χ3n) is 5.23. The Morgan fingerprint density at radius 2 is 2.26 bits per heavy atom. The number of aliphatic hydroxyl groups is 1. The van der Waals surface area contributed by atoms with Gasteiger partial charge >= 0.3 is 0 Å². The summed E-state index contributed by atoms with van der Waals surface area (Å²) in [7, 11) is 0. The zero-order valence-corrected chi connectivity index (χ0v) is 11.1. The van der Waals surface area contributed by atoms with E-state index in [2.05, 4.69) is 5.10 Å². The summed E-state index contributed by atoms with van der Waals surface area (Å²) in [6, 6.07) is 6.00. The fraction of sp³-hybridized carbons (Fsp3) is 0.562. The van der Waals surface area contributed by atoms with Crippen LogP contribution in [0.15, 0.2) is 30.6 Å². The molecular formula is C16H20N2O. The van der Waals surface area contributed by atoms with Crippen molar-refractivity contribution in [3.8, 4) is 0 Å². The van der Waals surface area contributed by atoms with Crippen molar-refractivity contribution in [3.05, 3.63) is 36.2 Å². The maximum atomic E-state index is 10.5. The van der Waals surface area contributed by atoms with Gasteiger partial charge in [0.1, 0.15) is 0 Å². The first kappa shape index (κ1) is 11.5. The maximum absolute atomic E-state index is 10.5. The molecule has 0 amide bonds. The number of fused-ring (bicyclic) bond motifs is 3. The Morgan fingerprint density at radius 1 is 1.32 bits per heavy atom. The molecule has 0 radical (unpaired) electrons. The molecule has 2 saturated carbocycles. The predicted molar refractivity (Wildman–Crippen MR) is 73.7 cm³/mol. The Bertz CT molecular complexity index is 591. The van der Waals surface area contributed by atoms with Crippen LogP contribution < -0.4 is 0 Å². The van der Waals surface area contributed by atoms with Gasteiger partial charge in [-0.15, -0.1) is 0 Å². The molecule has 2 aromatic rings. The summed E-state index contributed by atoms with van der Waals surface area (Å²) >= 11 is 0. The number of aromatic nitrogens is 2. The van der Waals surface area contributed by atoms with Gasteiger partial charge in [0, 0.05) is 11.8 Å². The van der Waals surface area contributed by atoms with E-state index < -0.39 is 0 Å². The summed E-state index contributed by atoms with van der Waals surface area (Å²) in [5, 5.41) is 14.9. The van der Waals surface area contributed by atoms with Crippen LogP contribution in [0, 0.1) is 17.8 Å². The lowest BCUT2D eigenvalue weighted by molar-refractivity contribution is 0.127. The summed E-state index contributed by atoms with van der Waals surface area (Å²) in [4.78, 5) is 0. The van der Waals surface area contributed by atoms with Crippen molar-refractivity contribution in [1.29, 1.82) is 0 Å². The average Bonchev–Trinajstić information content (AvgIpc) is 3.13. The van der Waals surface area contributed by atoms with Crippen molar-refractivity contribution >= 4 is 5.52 Å². The molecule has 0 spiro atoms. The number of rotatable bonds is 3. The van der Waals surface area contributed by atoms with Crippen molar-refractivity contribution in [2.24, 2.45) is 17.8 Å². The minimum absolute atomic E-state index is 0.357. The summed E-state index contributed by atoms with van der Waals surface area (Å²) in [6.45, 7) is 0.